The van der Waals surface area contributed by atoms with E-state index in [1.807, 2.05) is 49.4 Å². The Kier molecular flexibility index (Phi) is 9.64. The lowest BCUT2D eigenvalue weighted by Crippen LogP contribution is -2.40. The number of hydrogen-bond acceptors (Lipinski definition) is 4. The molecule has 43 heavy (non-hydrogen) atoms. The molecule has 1 unspecified atom stereocenters. The van der Waals surface area contributed by atoms with E-state index in [2.05, 4.69) is 89.5 Å². The lowest BCUT2D eigenvalue weighted by molar-refractivity contribution is -0.153. The number of aliphatic hydroxyl groups excluding tert-OH is 1. The monoisotopic (exact) mass is 569 g/mol. The summed E-state index contributed by atoms with van der Waals surface area (Å²) in [6.07, 6.45) is 2.04. The van der Waals surface area contributed by atoms with E-state index in [1.54, 1.807) is 6.92 Å². The summed E-state index contributed by atoms with van der Waals surface area (Å²) in [5.41, 5.74) is 4.91. The van der Waals surface area contributed by atoms with Gasteiger partial charge in [-0.25, -0.2) is 4.79 Å². The number of ether oxygens (including phenoxy) is 1. The van der Waals surface area contributed by atoms with Gasteiger partial charge in [0, 0.05) is 31.1 Å². The second-order valence-electron chi connectivity index (χ2n) is 11.2. The number of carbonyl (C=O) groups excluding carboxylic acids is 1. The molecular weight excluding hydrogens is 530 g/mol. The van der Waals surface area contributed by atoms with E-state index in [4.69, 9.17) is 4.74 Å². The van der Waals surface area contributed by atoms with Crippen LogP contribution in [0.1, 0.15) is 61.3 Å². The average Bonchev–Trinajstić information content (AvgIpc) is 3.03. The van der Waals surface area contributed by atoms with E-state index in [-0.39, 0.29) is 18.1 Å². The van der Waals surface area contributed by atoms with Gasteiger partial charge in [0.15, 0.2) is 5.60 Å². The Morgan fingerprint density at radius 2 is 1.42 bits per heavy atom. The first kappa shape index (κ1) is 29.7. The van der Waals surface area contributed by atoms with Crippen molar-refractivity contribution < 1.29 is 14.6 Å². The molecule has 4 heteroatoms. The first-order valence-electron chi connectivity index (χ1n) is 15.1. The second-order valence-corrected chi connectivity index (χ2v) is 11.2. The Labute approximate surface area is 255 Å². The Bertz CT molecular complexity index is 1560. The number of benzene rings is 4. The quantitative estimate of drug-likeness (QED) is 0.145. The summed E-state index contributed by atoms with van der Waals surface area (Å²) in [5, 5.41) is 11.4. The molecule has 0 amide bonds. The molecule has 0 aromatic heterocycles. The SMILES string of the molecule is CC#C[C@@]1(CCc2ccccc2)CC(O)=C(C(CC)c2cccc(N(Cc3ccccc3)Cc3ccccc3)c2)C(=O)O1. The molecule has 1 aliphatic rings. The minimum absolute atomic E-state index is 0.0785. The highest BCUT2D eigenvalue weighted by molar-refractivity contribution is 5.92. The van der Waals surface area contributed by atoms with Crippen LogP contribution in [0.3, 0.4) is 0 Å². The van der Waals surface area contributed by atoms with Crippen LogP contribution in [0.2, 0.25) is 0 Å². The van der Waals surface area contributed by atoms with Gasteiger partial charge in [-0.2, -0.15) is 0 Å². The summed E-state index contributed by atoms with van der Waals surface area (Å²) in [6, 6.07) is 39.3. The molecule has 2 atom stereocenters. The van der Waals surface area contributed by atoms with Crippen LogP contribution >= 0.6 is 0 Å². The van der Waals surface area contributed by atoms with Crippen LogP contribution in [0.25, 0.3) is 0 Å². The molecule has 218 valence electrons. The zero-order chi connectivity index (χ0) is 30.1. The van der Waals surface area contributed by atoms with Gasteiger partial charge in [0.1, 0.15) is 5.76 Å². The van der Waals surface area contributed by atoms with E-state index in [9.17, 15) is 9.90 Å². The minimum Gasteiger partial charge on any atom is -0.512 e. The van der Waals surface area contributed by atoms with Crippen LogP contribution in [-0.4, -0.2) is 16.7 Å². The molecule has 1 aliphatic heterocycles. The van der Waals surface area contributed by atoms with Crippen LogP contribution in [0.4, 0.5) is 5.69 Å². The molecule has 0 bridgehead atoms. The fraction of sp³-hybridized carbons (Fsp3) is 0.256. The smallest absolute Gasteiger partial charge is 0.339 e. The Morgan fingerprint density at radius 3 is 1.95 bits per heavy atom. The summed E-state index contributed by atoms with van der Waals surface area (Å²) in [7, 11) is 0. The first-order chi connectivity index (χ1) is 21.0. The molecule has 4 nitrogen and oxygen atoms in total. The van der Waals surface area contributed by atoms with Gasteiger partial charge in [-0.05, 0) is 54.2 Å². The van der Waals surface area contributed by atoms with Crippen LogP contribution in [-0.2, 0) is 29.0 Å². The summed E-state index contributed by atoms with van der Waals surface area (Å²) in [4.78, 5) is 16.0. The van der Waals surface area contributed by atoms with Crippen molar-refractivity contribution in [3.8, 4) is 11.8 Å². The van der Waals surface area contributed by atoms with Crippen LogP contribution in [0, 0.1) is 11.8 Å². The lowest BCUT2D eigenvalue weighted by atomic mass is 9.81. The van der Waals surface area contributed by atoms with Crippen molar-refractivity contribution in [2.75, 3.05) is 4.90 Å². The third kappa shape index (κ3) is 7.37. The van der Waals surface area contributed by atoms with E-state index in [1.165, 1.54) is 11.1 Å². The highest BCUT2D eigenvalue weighted by Gasteiger charge is 2.42. The summed E-state index contributed by atoms with van der Waals surface area (Å²) in [5.74, 6) is 5.35. The minimum atomic E-state index is -1.04. The number of esters is 1. The molecule has 0 aliphatic carbocycles. The number of cyclic esters (lactones) is 1. The van der Waals surface area contributed by atoms with Gasteiger partial charge in [-0.3, -0.25) is 0 Å². The summed E-state index contributed by atoms with van der Waals surface area (Å²) in [6.45, 7) is 5.27. The Morgan fingerprint density at radius 1 is 0.837 bits per heavy atom. The fourth-order valence-corrected chi connectivity index (χ4v) is 5.98. The molecule has 1 N–H and O–H groups in total. The number of nitrogens with zero attached hydrogens (tertiary/aromatic N) is 1. The van der Waals surface area contributed by atoms with Gasteiger partial charge in [0.05, 0.1) is 12.0 Å². The normalized spacial score (nSPS) is 17.0. The topological polar surface area (TPSA) is 49.8 Å². The third-order valence-corrected chi connectivity index (χ3v) is 8.11. The zero-order valence-electron chi connectivity index (χ0n) is 25.0. The van der Waals surface area contributed by atoms with Gasteiger partial charge in [-0.1, -0.05) is 116 Å². The lowest BCUT2D eigenvalue weighted by Gasteiger charge is -2.35. The fourth-order valence-electron chi connectivity index (χ4n) is 5.98. The molecular formula is C39H39NO3. The standard InChI is InChI=1S/C39H39NO3/c1-3-24-39(25-23-30-15-8-5-9-16-30)27-36(41)37(38(42)43-39)35(4-2)33-21-14-22-34(26-33)40(28-31-17-10-6-11-18-31)29-32-19-12-7-13-20-32/h5-22,26,35,41H,4,23,25,27-29H2,1-2H3/t35?,39-/m1/s1. The summed E-state index contributed by atoms with van der Waals surface area (Å²) >= 11 is 0. The van der Waals surface area contributed by atoms with E-state index < -0.39 is 11.6 Å². The van der Waals surface area contributed by atoms with Crippen LogP contribution in [0.5, 0.6) is 0 Å². The number of hydrogen-bond donors (Lipinski definition) is 1. The number of aliphatic hydroxyl groups is 1. The second kappa shape index (κ2) is 13.9. The molecule has 0 radical (unpaired) electrons. The molecule has 0 saturated carbocycles. The van der Waals surface area contributed by atoms with Crippen molar-refractivity contribution in [3.05, 3.63) is 149 Å². The van der Waals surface area contributed by atoms with E-state index in [0.717, 1.165) is 29.9 Å². The van der Waals surface area contributed by atoms with Crippen molar-refractivity contribution in [1.29, 1.82) is 0 Å². The number of rotatable bonds is 11. The van der Waals surface area contributed by atoms with Gasteiger partial charge in [0.2, 0.25) is 0 Å². The van der Waals surface area contributed by atoms with E-state index in [0.29, 0.717) is 24.8 Å². The van der Waals surface area contributed by atoms with Crippen molar-refractivity contribution in [2.24, 2.45) is 0 Å². The van der Waals surface area contributed by atoms with Crippen molar-refractivity contribution in [1.82, 2.24) is 0 Å². The highest BCUT2D eigenvalue weighted by atomic mass is 16.6. The largest absolute Gasteiger partial charge is 0.512 e. The number of carbonyl (C=O) groups is 1. The predicted octanol–water partition coefficient (Wildman–Crippen LogP) is 8.54. The van der Waals surface area contributed by atoms with Gasteiger partial charge in [0.25, 0.3) is 0 Å². The Hall–Kier alpha value is -4.75. The maximum atomic E-state index is 13.7. The predicted molar refractivity (Wildman–Crippen MR) is 174 cm³/mol. The molecule has 0 fully saturated rings. The highest BCUT2D eigenvalue weighted by Crippen LogP contribution is 2.40. The van der Waals surface area contributed by atoms with Gasteiger partial charge >= 0.3 is 5.97 Å². The molecule has 5 rings (SSSR count). The molecule has 4 aromatic carbocycles. The number of aryl methyl sites for hydroxylation is 1. The van der Waals surface area contributed by atoms with Crippen molar-refractivity contribution in [3.63, 3.8) is 0 Å². The maximum absolute atomic E-state index is 13.7. The zero-order valence-corrected chi connectivity index (χ0v) is 25.0. The Balaban J connectivity index is 1.44. The van der Waals surface area contributed by atoms with Crippen molar-refractivity contribution >= 4 is 11.7 Å². The molecule has 4 aromatic rings. The van der Waals surface area contributed by atoms with Gasteiger partial charge in [-0.15, -0.1) is 5.92 Å². The van der Waals surface area contributed by atoms with E-state index >= 15 is 0 Å². The first-order valence-corrected chi connectivity index (χ1v) is 15.1. The molecule has 0 saturated heterocycles. The van der Waals surface area contributed by atoms with Gasteiger partial charge < -0.3 is 14.7 Å². The number of anilines is 1. The molecule has 0 spiro atoms. The molecule has 1 heterocycles. The maximum Gasteiger partial charge on any atom is 0.339 e. The van der Waals surface area contributed by atoms with Crippen LogP contribution < -0.4 is 4.90 Å². The third-order valence-electron chi connectivity index (χ3n) is 8.11. The van der Waals surface area contributed by atoms with Crippen LogP contribution in [0.15, 0.2) is 127 Å². The summed E-state index contributed by atoms with van der Waals surface area (Å²) < 4.78 is 6.12. The van der Waals surface area contributed by atoms with Crippen molar-refractivity contribution in [2.45, 2.75) is 64.1 Å². The average molecular weight is 570 g/mol.